The van der Waals surface area contributed by atoms with E-state index in [1.54, 1.807) is 0 Å². The number of nitrogens with one attached hydrogen (secondary N) is 1. The van der Waals surface area contributed by atoms with Gasteiger partial charge in [-0.05, 0) is 38.1 Å². The fourth-order valence-corrected chi connectivity index (χ4v) is 2.38. The summed E-state index contributed by atoms with van der Waals surface area (Å²) in [6, 6.07) is 5.72. The molecule has 0 aliphatic carbocycles. The molecular weight excluding hydrogens is 365 g/mol. The van der Waals surface area contributed by atoms with E-state index in [1.807, 2.05) is 0 Å². The van der Waals surface area contributed by atoms with Crippen LogP contribution in [0.4, 0.5) is 18.9 Å². The van der Waals surface area contributed by atoms with Crippen LogP contribution in [0.2, 0.25) is 0 Å². The lowest BCUT2D eigenvalue weighted by atomic mass is 10.2. The average molecular weight is 384 g/mol. The van der Waals surface area contributed by atoms with Crippen LogP contribution in [-0.4, -0.2) is 34.8 Å². The van der Waals surface area contributed by atoms with E-state index in [0.29, 0.717) is 23.3 Å². The highest BCUT2D eigenvalue weighted by Gasteiger charge is 2.41. The normalized spacial score (nSPS) is 11.3. The van der Waals surface area contributed by atoms with Crippen molar-refractivity contribution in [3.05, 3.63) is 41.7 Å². The molecule has 2 rings (SSSR count). The predicted octanol–water partition coefficient (Wildman–Crippen LogP) is 2.75. The van der Waals surface area contributed by atoms with Crippen LogP contribution >= 0.6 is 0 Å². The van der Waals surface area contributed by atoms with Crippen molar-refractivity contribution in [3.63, 3.8) is 0 Å². The first-order valence-electron chi connectivity index (χ1n) is 8.20. The molecule has 2 aromatic rings. The molecule has 0 spiro atoms. The molecule has 0 atom stereocenters. The molecule has 1 amide bonds. The van der Waals surface area contributed by atoms with Crippen molar-refractivity contribution in [2.45, 2.75) is 25.9 Å². The molecule has 1 aromatic heterocycles. The van der Waals surface area contributed by atoms with Gasteiger partial charge in [0, 0.05) is 12.1 Å². The minimum atomic E-state index is -4.83. The van der Waals surface area contributed by atoms with Crippen LogP contribution in [0.5, 0.6) is 0 Å². The summed E-state index contributed by atoms with van der Waals surface area (Å²) in [5.41, 5.74) is 3.76. The second-order valence-electron chi connectivity index (χ2n) is 5.53. The number of nitrogens with two attached hydrogens (primary N) is 1. The van der Waals surface area contributed by atoms with Gasteiger partial charge in [0.05, 0.1) is 18.5 Å². The Balaban J connectivity index is 2.39. The number of esters is 1. The number of aromatic nitrogens is 2. The van der Waals surface area contributed by atoms with Gasteiger partial charge in [0.2, 0.25) is 5.91 Å². The Morgan fingerprint density at radius 3 is 2.70 bits per heavy atom. The minimum Gasteiger partial charge on any atom is -0.462 e. The number of alkyl halides is 3. The molecular formula is C17H19F3N4O3. The molecule has 1 heterocycles. The summed E-state index contributed by atoms with van der Waals surface area (Å²) in [5, 5.41) is 6.28. The molecule has 0 fully saturated rings. The first-order valence-corrected chi connectivity index (χ1v) is 8.20. The zero-order valence-corrected chi connectivity index (χ0v) is 14.5. The highest BCUT2D eigenvalue weighted by molar-refractivity contribution is 5.91. The average Bonchev–Trinajstić information content (AvgIpc) is 3.06. The number of rotatable bonds is 7. The number of hydrogen-bond donors (Lipinski definition) is 2. The number of anilines is 1. The Morgan fingerprint density at radius 2 is 2.07 bits per heavy atom. The number of carbonyl (C=O) groups is 2. The van der Waals surface area contributed by atoms with Gasteiger partial charge in [0.1, 0.15) is 5.56 Å². The van der Waals surface area contributed by atoms with Crippen molar-refractivity contribution in [1.82, 2.24) is 9.78 Å². The Hall–Kier alpha value is -2.88. The first-order chi connectivity index (χ1) is 12.8. The number of ether oxygens (including phenoxy) is 1. The summed E-state index contributed by atoms with van der Waals surface area (Å²) < 4.78 is 45.9. The van der Waals surface area contributed by atoms with Crippen LogP contribution in [0, 0.1) is 0 Å². The van der Waals surface area contributed by atoms with Gasteiger partial charge in [-0.3, -0.25) is 4.79 Å². The molecule has 0 saturated heterocycles. The lowest BCUT2D eigenvalue weighted by molar-refractivity contribution is -0.143. The number of carbonyl (C=O) groups excluding carboxylic acids is 2. The summed E-state index contributed by atoms with van der Waals surface area (Å²) in [6.07, 6.45) is -3.33. The summed E-state index contributed by atoms with van der Waals surface area (Å²) in [4.78, 5) is 23.6. The summed E-state index contributed by atoms with van der Waals surface area (Å²) in [7, 11) is 0. The van der Waals surface area contributed by atoms with Crippen LogP contribution in [0.25, 0.3) is 5.69 Å². The van der Waals surface area contributed by atoms with Gasteiger partial charge < -0.3 is 15.8 Å². The Labute approximate surface area is 153 Å². The molecule has 0 bridgehead atoms. The molecule has 1 aromatic carbocycles. The zero-order valence-electron chi connectivity index (χ0n) is 14.5. The van der Waals surface area contributed by atoms with E-state index in [-0.39, 0.29) is 24.6 Å². The number of benzene rings is 1. The molecule has 10 heteroatoms. The highest BCUT2D eigenvalue weighted by atomic mass is 19.4. The largest absolute Gasteiger partial charge is 0.462 e. The van der Waals surface area contributed by atoms with E-state index in [0.717, 1.165) is 6.20 Å². The third kappa shape index (κ3) is 5.07. The number of hydrogen-bond acceptors (Lipinski definition) is 5. The third-order valence-electron chi connectivity index (χ3n) is 3.52. The second kappa shape index (κ2) is 8.67. The zero-order chi connectivity index (χ0) is 20.0. The smallest absolute Gasteiger partial charge is 0.434 e. The van der Waals surface area contributed by atoms with Crippen LogP contribution in [0.3, 0.4) is 0 Å². The standard InChI is InChI=1S/C17H19F3N4O3/c1-2-27-16(26)13-10-22-24(15(13)17(18,19)20)12-6-3-5-11(9-12)23-14(25)7-4-8-21/h3,5-6,9-10H,2,4,7-8,21H2,1H3,(H,23,25). The van der Waals surface area contributed by atoms with E-state index in [1.165, 1.54) is 31.2 Å². The fraction of sp³-hybridized carbons (Fsp3) is 0.353. The van der Waals surface area contributed by atoms with E-state index < -0.39 is 23.4 Å². The molecule has 0 unspecified atom stereocenters. The van der Waals surface area contributed by atoms with Gasteiger partial charge in [-0.2, -0.15) is 18.3 Å². The van der Waals surface area contributed by atoms with Crippen molar-refractivity contribution in [2.24, 2.45) is 5.73 Å². The monoisotopic (exact) mass is 384 g/mol. The van der Waals surface area contributed by atoms with Crippen LogP contribution < -0.4 is 11.1 Å². The van der Waals surface area contributed by atoms with Gasteiger partial charge >= 0.3 is 12.1 Å². The van der Waals surface area contributed by atoms with Gasteiger partial charge in [-0.15, -0.1) is 0 Å². The van der Waals surface area contributed by atoms with Crippen LogP contribution in [-0.2, 0) is 15.7 Å². The Morgan fingerprint density at radius 1 is 1.33 bits per heavy atom. The van der Waals surface area contributed by atoms with E-state index in [4.69, 9.17) is 5.73 Å². The quantitative estimate of drug-likeness (QED) is 0.715. The lowest BCUT2D eigenvalue weighted by Crippen LogP contribution is -2.19. The van der Waals surface area contributed by atoms with E-state index >= 15 is 0 Å². The topological polar surface area (TPSA) is 99.2 Å². The molecule has 0 aliphatic rings. The molecule has 27 heavy (non-hydrogen) atoms. The minimum absolute atomic E-state index is 0.0366. The van der Waals surface area contributed by atoms with Crippen molar-refractivity contribution in [1.29, 1.82) is 0 Å². The number of halogens is 3. The van der Waals surface area contributed by atoms with Gasteiger partial charge in [-0.1, -0.05) is 6.07 Å². The first kappa shape index (κ1) is 20.4. The summed E-state index contributed by atoms with van der Waals surface area (Å²) in [6.45, 7) is 1.78. The maximum atomic E-state index is 13.5. The maximum absolute atomic E-state index is 13.5. The molecule has 7 nitrogen and oxygen atoms in total. The van der Waals surface area contributed by atoms with Crippen molar-refractivity contribution in [3.8, 4) is 5.69 Å². The lowest BCUT2D eigenvalue weighted by Gasteiger charge is -2.13. The highest BCUT2D eigenvalue weighted by Crippen LogP contribution is 2.34. The molecule has 146 valence electrons. The second-order valence-corrected chi connectivity index (χ2v) is 5.53. The molecule has 0 saturated carbocycles. The third-order valence-corrected chi connectivity index (χ3v) is 3.52. The molecule has 0 aliphatic heterocycles. The maximum Gasteiger partial charge on any atom is 0.434 e. The van der Waals surface area contributed by atoms with Crippen molar-refractivity contribution in [2.75, 3.05) is 18.5 Å². The predicted molar refractivity (Wildman–Crippen MR) is 91.4 cm³/mol. The van der Waals surface area contributed by atoms with E-state index in [2.05, 4.69) is 15.2 Å². The number of amides is 1. The SMILES string of the molecule is CCOC(=O)c1cnn(-c2cccc(NC(=O)CCCN)c2)c1C(F)(F)F. The summed E-state index contributed by atoms with van der Waals surface area (Å²) >= 11 is 0. The molecule has 0 radical (unpaired) electrons. The van der Waals surface area contributed by atoms with E-state index in [9.17, 15) is 22.8 Å². The van der Waals surface area contributed by atoms with Crippen molar-refractivity contribution < 1.29 is 27.5 Å². The Kier molecular flexibility index (Phi) is 6.56. The fourth-order valence-electron chi connectivity index (χ4n) is 2.38. The Bertz CT molecular complexity index is 818. The van der Waals surface area contributed by atoms with Gasteiger partial charge in [0.25, 0.3) is 0 Å². The van der Waals surface area contributed by atoms with Crippen molar-refractivity contribution >= 4 is 17.6 Å². The van der Waals surface area contributed by atoms with Gasteiger partial charge in [-0.25, -0.2) is 9.48 Å². The summed E-state index contributed by atoms with van der Waals surface area (Å²) in [5.74, 6) is -1.41. The molecule has 3 N–H and O–H groups in total. The number of nitrogens with zero attached hydrogens (tertiary/aromatic N) is 2. The van der Waals surface area contributed by atoms with Gasteiger partial charge in [0.15, 0.2) is 5.69 Å². The van der Waals surface area contributed by atoms with Crippen LogP contribution in [0.1, 0.15) is 35.8 Å². The van der Waals surface area contributed by atoms with Crippen LogP contribution in [0.15, 0.2) is 30.5 Å².